The fraction of sp³-hybridized carbons (Fsp3) is 0.0455. The van der Waals surface area contributed by atoms with Gasteiger partial charge >= 0.3 is 5.97 Å². The fourth-order valence-corrected chi connectivity index (χ4v) is 3.07. The predicted molar refractivity (Wildman–Crippen MR) is 108 cm³/mol. The number of furan rings is 1. The minimum Gasteiger partial charge on any atom is -0.475 e. The molecular weight excluding hydrogens is 370 g/mol. The van der Waals surface area contributed by atoms with Crippen molar-refractivity contribution in [1.82, 2.24) is 9.99 Å². The summed E-state index contributed by atoms with van der Waals surface area (Å²) < 4.78 is 7.30. The Balaban J connectivity index is 1.57. The number of hydrogen-bond acceptors (Lipinski definition) is 4. The highest BCUT2D eigenvalue weighted by Gasteiger charge is 2.12. The van der Waals surface area contributed by atoms with E-state index >= 15 is 0 Å². The van der Waals surface area contributed by atoms with Crippen LogP contribution < -0.4 is 5.43 Å². The number of hydrogen-bond donors (Lipinski definition) is 2. The number of aromatic carboxylic acids is 1. The second-order valence-electron chi connectivity index (χ2n) is 6.37. The maximum atomic E-state index is 12.1. The zero-order chi connectivity index (χ0) is 20.2. The van der Waals surface area contributed by atoms with Crippen LogP contribution in [0.5, 0.6) is 0 Å². The maximum absolute atomic E-state index is 12.1. The van der Waals surface area contributed by atoms with E-state index < -0.39 is 5.97 Å². The Hall–Kier alpha value is -4.13. The fourth-order valence-electron chi connectivity index (χ4n) is 3.07. The van der Waals surface area contributed by atoms with Gasteiger partial charge in [-0.05, 0) is 30.3 Å². The molecule has 0 aliphatic rings. The first-order chi connectivity index (χ1) is 14.1. The van der Waals surface area contributed by atoms with E-state index in [2.05, 4.69) is 10.5 Å². The van der Waals surface area contributed by atoms with E-state index in [0.717, 1.165) is 16.5 Å². The molecule has 0 atom stereocenters. The van der Waals surface area contributed by atoms with Gasteiger partial charge in [0.2, 0.25) is 5.76 Å². The van der Waals surface area contributed by atoms with Gasteiger partial charge in [0.05, 0.1) is 12.8 Å². The molecule has 0 saturated heterocycles. The summed E-state index contributed by atoms with van der Waals surface area (Å²) in [4.78, 5) is 23.1. The Morgan fingerprint density at radius 3 is 2.55 bits per heavy atom. The largest absolute Gasteiger partial charge is 0.475 e. The topological polar surface area (TPSA) is 96.8 Å². The van der Waals surface area contributed by atoms with E-state index in [9.17, 15) is 9.59 Å². The molecule has 4 aromatic rings. The van der Waals surface area contributed by atoms with Crippen molar-refractivity contribution in [2.75, 3.05) is 0 Å². The first kappa shape index (κ1) is 18.2. The number of rotatable bonds is 6. The molecule has 4 rings (SSSR count). The Morgan fingerprint density at radius 2 is 1.79 bits per heavy atom. The number of carboxylic acid groups (broad SMARTS) is 1. The van der Waals surface area contributed by atoms with Crippen molar-refractivity contribution in [1.29, 1.82) is 0 Å². The van der Waals surface area contributed by atoms with Gasteiger partial charge in [-0.25, -0.2) is 10.2 Å². The molecule has 1 amide bonds. The molecule has 0 unspecified atom stereocenters. The average molecular weight is 387 g/mol. The average Bonchev–Trinajstić information content (AvgIpc) is 3.35. The van der Waals surface area contributed by atoms with Crippen LogP contribution in [0.15, 0.2) is 82.4 Å². The number of nitrogens with one attached hydrogen (secondary N) is 1. The lowest BCUT2D eigenvalue weighted by molar-refractivity contribution is 0.0660. The number of carbonyl (C=O) groups is 2. The van der Waals surface area contributed by atoms with Gasteiger partial charge in [0.1, 0.15) is 5.76 Å². The lowest BCUT2D eigenvalue weighted by Gasteiger charge is -2.02. The van der Waals surface area contributed by atoms with Crippen molar-refractivity contribution >= 4 is 29.0 Å². The lowest BCUT2D eigenvalue weighted by atomic mass is 10.2. The van der Waals surface area contributed by atoms with Crippen molar-refractivity contribution in [2.45, 2.75) is 6.54 Å². The van der Waals surface area contributed by atoms with Gasteiger partial charge in [-0.1, -0.05) is 36.4 Å². The molecule has 0 bridgehead atoms. The number of hydrazone groups is 1. The Labute approximate surface area is 165 Å². The summed E-state index contributed by atoms with van der Waals surface area (Å²) in [7, 11) is 0. The molecule has 7 nitrogen and oxygen atoms in total. The highest BCUT2D eigenvalue weighted by atomic mass is 16.4. The van der Waals surface area contributed by atoms with E-state index in [1.54, 1.807) is 36.5 Å². The summed E-state index contributed by atoms with van der Waals surface area (Å²) >= 11 is 0. The normalized spacial score (nSPS) is 11.2. The van der Waals surface area contributed by atoms with E-state index in [1.807, 2.05) is 41.1 Å². The molecule has 0 radical (unpaired) electrons. The minimum atomic E-state index is -1.10. The molecule has 2 heterocycles. The molecular formula is C22H17N3O4. The van der Waals surface area contributed by atoms with Crippen LogP contribution in [-0.2, 0) is 6.54 Å². The third-order valence-corrected chi connectivity index (χ3v) is 4.42. The van der Waals surface area contributed by atoms with Crippen molar-refractivity contribution < 1.29 is 19.1 Å². The molecule has 2 aromatic carbocycles. The highest BCUT2D eigenvalue weighted by molar-refractivity contribution is 6.00. The Kier molecular flexibility index (Phi) is 4.94. The first-order valence-electron chi connectivity index (χ1n) is 8.90. The number of benzene rings is 2. The van der Waals surface area contributed by atoms with Crippen LogP contribution in [0, 0.1) is 0 Å². The quantitative estimate of drug-likeness (QED) is 0.389. The second kappa shape index (κ2) is 7.85. The Bertz CT molecular complexity index is 1210. The minimum absolute atomic E-state index is 0.0955. The van der Waals surface area contributed by atoms with Gasteiger partial charge < -0.3 is 14.1 Å². The molecule has 0 aliphatic carbocycles. The standard InChI is InChI=1S/C22H17N3O4/c26-21(15-6-2-1-3-7-15)24-23-12-16-13-25(19-9-5-4-8-18(16)19)14-17-10-11-20(29-17)22(27)28/h1-13H,14H2,(H,24,26)(H,27,28)/b23-12-. The molecule has 0 fully saturated rings. The summed E-state index contributed by atoms with van der Waals surface area (Å²) in [5.41, 5.74) is 4.81. The second-order valence-corrected chi connectivity index (χ2v) is 6.37. The van der Waals surface area contributed by atoms with Crippen molar-refractivity contribution in [3.8, 4) is 0 Å². The Morgan fingerprint density at radius 1 is 1.03 bits per heavy atom. The molecule has 0 saturated carbocycles. The van der Waals surface area contributed by atoms with Crippen LogP contribution in [0.1, 0.15) is 32.2 Å². The summed E-state index contributed by atoms with van der Waals surface area (Å²) in [6, 6.07) is 19.7. The number of nitrogens with zero attached hydrogens (tertiary/aromatic N) is 2. The number of aromatic nitrogens is 1. The van der Waals surface area contributed by atoms with E-state index in [4.69, 9.17) is 9.52 Å². The van der Waals surface area contributed by atoms with Crippen LogP contribution in [0.4, 0.5) is 0 Å². The van der Waals surface area contributed by atoms with Gasteiger partial charge in [-0.15, -0.1) is 0 Å². The smallest absolute Gasteiger partial charge is 0.371 e. The highest BCUT2D eigenvalue weighted by Crippen LogP contribution is 2.22. The van der Waals surface area contributed by atoms with E-state index in [1.165, 1.54) is 6.07 Å². The van der Waals surface area contributed by atoms with Crippen molar-refractivity contribution in [3.63, 3.8) is 0 Å². The maximum Gasteiger partial charge on any atom is 0.371 e. The predicted octanol–water partition coefficient (Wildman–Crippen LogP) is 3.74. The summed E-state index contributed by atoms with van der Waals surface area (Å²) in [6.07, 6.45) is 3.47. The van der Waals surface area contributed by atoms with Crippen LogP contribution in [-0.4, -0.2) is 27.8 Å². The molecule has 0 spiro atoms. The zero-order valence-electron chi connectivity index (χ0n) is 15.3. The molecule has 2 N–H and O–H groups in total. The van der Waals surface area contributed by atoms with Gasteiger partial charge in [0.25, 0.3) is 5.91 Å². The number of carboxylic acids is 1. The third kappa shape index (κ3) is 3.93. The van der Waals surface area contributed by atoms with Crippen molar-refractivity contribution in [2.24, 2.45) is 5.10 Å². The van der Waals surface area contributed by atoms with Gasteiger partial charge in [0, 0.05) is 28.2 Å². The summed E-state index contributed by atoms with van der Waals surface area (Å²) in [6.45, 7) is 0.373. The third-order valence-electron chi connectivity index (χ3n) is 4.42. The lowest BCUT2D eigenvalue weighted by Crippen LogP contribution is -2.17. The first-order valence-corrected chi connectivity index (χ1v) is 8.90. The monoisotopic (exact) mass is 387 g/mol. The van der Waals surface area contributed by atoms with E-state index in [-0.39, 0.29) is 11.7 Å². The molecule has 0 aliphatic heterocycles. The van der Waals surface area contributed by atoms with Gasteiger partial charge in [-0.2, -0.15) is 5.10 Å². The molecule has 2 aromatic heterocycles. The van der Waals surface area contributed by atoms with Gasteiger partial charge in [-0.3, -0.25) is 4.79 Å². The SMILES string of the molecule is O=C(N/N=C\c1cn(Cc2ccc(C(=O)O)o2)c2ccccc12)c1ccccc1. The number of carbonyl (C=O) groups excluding carboxylic acids is 1. The van der Waals surface area contributed by atoms with Crippen molar-refractivity contribution in [3.05, 3.63) is 95.6 Å². The van der Waals surface area contributed by atoms with E-state index in [0.29, 0.717) is 17.9 Å². The zero-order valence-corrected chi connectivity index (χ0v) is 15.3. The summed E-state index contributed by atoms with van der Waals surface area (Å²) in [5.74, 6) is -0.955. The molecule has 144 valence electrons. The number of para-hydroxylation sites is 1. The number of amides is 1. The van der Waals surface area contributed by atoms with Crippen LogP contribution in [0.25, 0.3) is 10.9 Å². The summed E-state index contributed by atoms with van der Waals surface area (Å²) in [5, 5.41) is 14.0. The number of fused-ring (bicyclic) bond motifs is 1. The molecule has 29 heavy (non-hydrogen) atoms. The van der Waals surface area contributed by atoms with Crippen LogP contribution in [0.3, 0.4) is 0 Å². The molecule has 7 heteroatoms. The van der Waals surface area contributed by atoms with Gasteiger partial charge in [0.15, 0.2) is 0 Å². The van der Waals surface area contributed by atoms with Crippen LogP contribution >= 0.6 is 0 Å². The van der Waals surface area contributed by atoms with Crippen LogP contribution in [0.2, 0.25) is 0 Å².